The number of amides is 1. The Bertz CT molecular complexity index is 617. The molecule has 4 heteroatoms. The average Bonchev–Trinajstić information content (AvgIpc) is 2.37. The summed E-state index contributed by atoms with van der Waals surface area (Å²) in [7, 11) is 0. The van der Waals surface area contributed by atoms with E-state index in [9.17, 15) is 4.79 Å². The predicted molar refractivity (Wildman–Crippen MR) is 82.3 cm³/mol. The zero-order valence-corrected chi connectivity index (χ0v) is 11.7. The van der Waals surface area contributed by atoms with Crippen molar-refractivity contribution in [2.45, 2.75) is 19.9 Å². The van der Waals surface area contributed by atoms with Crippen LogP contribution in [0.2, 0.25) is 0 Å². The number of nitrogens with one attached hydrogen (secondary N) is 1. The van der Waals surface area contributed by atoms with Crippen LogP contribution in [-0.2, 0) is 0 Å². The lowest BCUT2D eigenvalue weighted by atomic mass is 10.0. The van der Waals surface area contributed by atoms with Crippen molar-refractivity contribution < 1.29 is 4.79 Å². The molecule has 2 aromatic rings. The highest BCUT2D eigenvalue weighted by Crippen LogP contribution is 2.18. The van der Waals surface area contributed by atoms with Crippen LogP contribution in [0.5, 0.6) is 0 Å². The van der Waals surface area contributed by atoms with E-state index in [0.29, 0.717) is 16.9 Å². The van der Waals surface area contributed by atoms with E-state index in [2.05, 4.69) is 5.32 Å². The van der Waals surface area contributed by atoms with Gasteiger partial charge < -0.3 is 16.8 Å². The van der Waals surface area contributed by atoms with Crippen molar-refractivity contribution in [2.75, 3.05) is 11.5 Å². The van der Waals surface area contributed by atoms with Gasteiger partial charge in [0.25, 0.3) is 5.91 Å². The molecule has 0 saturated heterocycles. The minimum atomic E-state index is -0.181. The van der Waals surface area contributed by atoms with Crippen LogP contribution in [0.3, 0.4) is 0 Å². The molecule has 2 aromatic carbocycles. The smallest absolute Gasteiger partial charge is 0.251 e. The van der Waals surface area contributed by atoms with E-state index in [0.717, 1.165) is 11.1 Å². The van der Waals surface area contributed by atoms with Crippen LogP contribution in [0, 0.1) is 6.92 Å². The van der Waals surface area contributed by atoms with E-state index in [1.54, 1.807) is 18.2 Å². The third-order valence-corrected chi connectivity index (χ3v) is 3.24. The number of carbonyl (C=O) groups is 1. The molecule has 0 bridgehead atoms. The largest absolute Gasteiger partial charge is 0.399 e. The number of carbonyl (C=O) groups excluding carboxylic acids is 1. The number of nitrogens with two attached hydrogens (primary N) is 2. The van der Waals surface area contributed by atoms with Gasteiger partial charge >= 0.3 is 0 Å². The van der Waals surface area contributed by atoms with Crippen LogP contribution >= 0.6 is 0 Å². The lowest BCUT2D eigenvalue weighted by Crippen LogP contribution is -2.27. The number of aryl methyl sites for hydroxylation is 1. The van der Waals surface area contributed by atoms with Crippen LogP contribution in [0.25, 0.3) is 0 Å². The lowest BCUT2D eigenvalue weighted by molar-refractivity contribution is 0.0940. The topological polar surface area (TPSA) is 81.1 Å². The second-order valence-electron chi connectivity index (χ2n) is 4.94. The van der Waals surface area contributed by atoms with Crippen LogP contribution in [0.4, 0.5) is 11.4 Å². The predicted octanol–water partition coefficient (Wildman–Crippen LogP) is 2.65. The van der Waals surface area contributed by atoms with E-state index in [1.165, 1.54) is 0 Å². The Kier molecular flexibility index (Phi) is 3.94. The number of nitrogen functional groups attached to an aromatic ring is 2. The molecule has 0 saturated carbocycles. The monoisotopic (exact) mass is 269 g/mol. The molecule has 104 valence electrons. The van der Waals surface area contributed by atoms with Crippen molar-refractivity contribution in [3.8, 4) is 0 Å². The van der Waals surface area contributed by atoms with Crippen molar-refractivity contribution >= 4 is 17.3 Å². The minimum Gasteiger partial charge on any atom is -0.399 e. The van der Waals surface area contributed by atoms with Gasteiger partial charge in [-0.25, -0.2) is 0 Å². The number of hydrogen-bond acceptors (Lipinski definition) is 3. The Hall–Kier alpha value is -2.49. The molecular weight excluding hydrogens is 250 g/mol. The van der Waals surface area contributed by atoms with Gasteiger partial charge in [-0.3, -0.25) is 4.79 Å². The maximum atomic E-state index is 12.2. The summed E-state index contributed by atoms with van der Waals surface area (Å²) in [4.78, 5) is 12.2. The molecule has 0 aliphatic heterocycles. The summed E-state index contributed by atoms with van der Waals surface area (Å²) < 4.78 is 0. The summed E-state index contributed by atoms with van der Waals surface area (Å²) in [5, 5.41) is 2.96. The summed E-state index contributed by atoms with van der Waals surface area (Å²) in [6.07, 6.45) is 0. The standard InChI is InChI=1S/C16H19N3O/c1-10-5-3-4-6-15(10)11(2)19-16(20)12-7-13(17)9-14(18)8-12/h3-9,11H,17-18H2,1-2H3,(H,19,20). The first-order valence-electron chi connectivity index (χ1n) is 6.50. The van der Waals surface area contributed by atoms with E-state index in [-0.39, 0.29) is 11.9 Å². The van der Waals surface area contributed by atoms with Crippen molar-refractivity contribution in [3.63, 3.8) is 0 Å². The third-order valence-electron chi connectivity index (χ3n) is 3.24. The average molecular weight is 269 g/mol. The second kappa shape index (κ2) is 5.65. The van der Waals surface area contributed by atoms with Gasteiger partial charge in [0.1, 0.15) is 0 Å². The van der Waals surface area contributed by atoms with Gasteiger partial charge in [-0.2, -0.15) is 0 Å². The Balaban J connectivity index is 2.17. The number of rotatable bonds is 3. The first-order valence-corrected chi connectivity index (χ1v) is 6.50. The van der Waals surface area contributed by atoms with Crippen molar-refractivity contribution in [3.05, 3.63) is 59.2 Å². The zero-order chi connectivity index (χ0) is 14.7. The molecule has 5 N–H and O–H groups in total. The Morgan fingerprint density at radius 1 is 1.10 bits per heavy atom. The van der Waals surface area contributed by atoms with Gasteiger partial charge in [-0.1, -0.05) is 24.3 Å². The van der Waals surface area contributed by atoms with Gasteiger partial charge in [0.15, 0.2) is 0 Å². The SMILES string of the molecule is Cc1ccccc1C(C)NC(=O)c1cc(N)cc(N)c1. The van der Waals surface area contributed by atoms with Crippen molar-refractivity contribution in [1.82, 2.24) is 5.32 Å². The van der Waals surface area contributed by atoms with Crippen LogP contribution in [0.1, 0.15) is 34.5 Å². The normalized spacial score (nSPS) is 11.9. The molecule has 0 aromatic heterocycles. The molecule has 0 radical (unpaired) electrons. The molecule has 0 aliphatic carbocycles. The zero-order valence-electron chi connectivity index (χ0n) is 11.7. The lowest BCUT2D eigenvalue weighted by Gasteiger charge is -2.17. The summed E-state index contributed by atoms with van der Waals surface area (Å²) in [5.74, 6) is -0.181. The molecule has 1 unspecified atom stereocenters. The molecular formula is C16H19N3O. The molecule has 1 atom stereocenters. The second-order valence-corrected chi connectivity index (χ2v) is 4.94. The Morgan fingerprint density at radius 2 is 1.70 bits per heavy atom. The Labute approximate surface area is 118 Å². The van der Waals surface area contributed by atoms with Crippen LogP contribution < -0.4 is 16.8 Å². The first-order chi connectivity index (χ1) is 9.47. The minimum absolute atomic E-state index is 0.0774. The van der Waals surface area contributed by atoms with Crippen LogP contribution in [0.15, 0.2) is 42.5 Å². The van der Waals surface area contributed by atoms with Crippen molar-refractivity contribution in [1.29, 1.82) is 0 Å². The third kappa shape index (κ3) is 3.09. The fourth-order valence-corrected chi connectivity index (χ4v) is 2.24. The molecule has 0 heterocycles. The van der Waals surface area contributed by atoms with E-state index < -0.39 is 0 Å². The highest BCUT2D eigenvalue weighted by Gasteiger charge is 2.13. The number of hydrogen-bond donors (Lipinski definition) is 3. The fraction of sp³-hybridized carbons (Fsp3) is 0.188. The Morgan fingerprint density at radius 3 is 2.30 bits per heavy atom. The first kappa shape index (κ1) is 13.9. The van der Waals surface area contributed by atoms with Gasteiger partial charge in [-0.15, -0.1) is 0 Å². The molecule has 4 nitrogen and oxygen atoms in total. The molecule has 20 heavy (non-hydrogen) atoms. The molecule has 1 amide bonds. The summed E-state index contributed by atoms with van der Waals surface area (Å²) in [6.45, 7) is 3.98. The maximum Gasteiger partial charge on any atom is 0.251 e. The molecule has 0 fully saturated rings. The van der Waals surface area contributed by atoms with Gasteiger partial charge in [0.2, 0.25) is 0 Å². The van der Waals surface area contributed by atoms with E-state index >= 15 is 0 Å². The van der Waals surface area contributed by atoms with Crippen LogP contribution in [-0.4, -0.2) is 5.91 Å². The van der Waals surface area contributed by atoms with E-state index in [1.807, 2.05) is 38.1 Å². The van der Waals surface area contributed by atoms with Crippen molar-refractivity contribution in [2.24, 2.45) is 0 Å². The molecule has 0 aliphatic rings. The number of anilines is 2. The maximum absolute atomic E-state index is 12.2. The fourth-order valence-electron chi connectivity index (χ4n) is 2.24. The van der Waals surface area contributed by atoms with Gasteiger partial charge in [-0.05, 0) is 43.2 Å². The molecule has 2 rings (SSSR count). The highest BCUT2D eigenvalue weighted by molar-refractivity contribution is 5.96. The summed E-state index contributed by atoms with van der Waals surface area (Å²) in [6, 6.07) is 12.8. The highest BCUT2D eigenvalue weighted by atomic mass is 16.1. The van der Waals surface area contributed by atoms with E-state index in [4.69, 9.17) is 11.5 Å². The summed E-state index contributed by atoms with van der Waals surface area (Å²) >= 11 is 0. The molecule has 0 spiro atoms. The number of benzene rings is 2. The van der Waals surface area contributed by atoms with Gasteiger partial charge in [0.05, 0.1) is 6.04 Å². The quantitative estimate of drug-likeness (QED) is 0.749. The van der Waals surface area contributed by atoms with Gasteiger partial charge in [0, 0.05) is 16.9 Å². The summed E-state index contributed by atoms with van der Waals surface area (Å²) in [5.41, 5.74) is 15.1.